The van der Waals surface area contributed by atoms with Gasteiger partial charge in [0.25, 0.3) is 0 Å². The van der Waals surface area contributed by atoms with Crippen molar-refractivity contribution < 1.29 is 14.3 Å². The highest BCUT2D eigenvalue weighted by Crippen LogP contribution is 2.03. The van der Waals surface area contributed by atoms with Gasteiger partial charge in [-0.15, -0.1) is 0 Å². The molecule has 0 spiro atoms. The maximum Gasteiger partial charge on any atom is 0.239 e. The van der Waals surface area contributed by atoms with Gasteiger partial charge in [0.1, 0.15) is 6.04 Å². The van der Waals surface area contributed by atoms with Gasteiger partial charge in [0.05, 0.1) is 19.3 Å². The van der Waals surface area contributed by atoms with Crippen molar-refractivity contribution in [3.8, 4) is 0 Å². The Morgan fingerprint density at radius 1 is 1.58 bits per heavy atom. The summed E-state index contributed by atoms with van der Waals surface area (Å²) in [4.78, 5) is 25.2. The number of likely N-dealkylation sites (N-methyl/N-ethyl adjacent to an activating group) is 1. The standard InChI is InChI=1S/C12H22N4O3/c1-2-16-3-4-19-9(8-16)5-15-12(18)10-6-14-11(17)7-13-10/h9-10,13H,2-8H2,1H3,(H,14,17)(H,15,18). The Morgan fingerprint density at radius 2 is 2.42 bits per heavy atom. The zero-order valence-corrected chi connectivity index (χ0v) is 11.3. The molecule has 19 heavy (non-hydrogen) atoms. The lowest BCUT2D eigenvalue weighted by Crippen LogP contribution is -2.59. The number of morpholine rings is 1. The van der Waals surface area contributed by atoms with E-state index in [9.17, 15) is 9.59 Å². The van der Waals surface area contributed by atoms with Gasteiger partial charge >= 0.3 is 0 Å². The highest BCUT2D eigenvalue weighted by molar-refractivity contribution is 5.86. The summed E-state index contributed by atoms with van der Waals surface area (Å²) in [5.74, 6) is -0.157. The van der Waals surface area contributed by atoms with E-state index in [4.69, 9.17) is 4.74 Å². The molecule has 2 heterocycles. The number of carbonyl (C=O) groups excluding carboxylic acids is 2. The Morgan fingerprint density at radius 3 is 3.11 bits per heavy atom. The van der Waals surface area contributed by atoms with E-state index in [1.54, 1.807) is 0 Å². The molecule has 0 aliphatic carbocycles. The number of hydrogen-bond acceptors (Lipinski definition) is 5. The molecule has 2 saturated heterocycles. The molecule has 0 radical (unpaired) electrons. The number of nitrogens with zero attached hydrogens (tertiary/aromatic N) is 1. The average Bonchev–Trinajstić information content (AvgIpc) is 2.46. The topological polar surface area (TPSA) is 82.7 Å². The van der Waals surface area contributed by atoms with Crippen LogP contribution in [-0.2, 0) is 14.3 Å². The molecule has 2 atom stereocenters. The number of carbonyl (C=O) groups is 2. The molecule has 0 aromatic heterocycles. The number of ether oxygens (including phenoxy) is 1. The van der Waals surface area contributed by atoms with E-state index in [0.717, 1.165) is 19.6 Å². The predicted octanol–water partition coefficient (Wildman–Crippen LogP) is -2.09. The average molecular weight is 270 g/mol. The van der Waals surface area contributed by atoms with Gasteiger partial charge in [0.2, 0.25) is 11.8 Å². The summed E-state index contributed by atoms with van der Waals surface area (Å²) < 4.78 is 5.62. The summed E-state index contributed by atoms with van der Waals surface area (Å²) in [5.41, 5.74) is 0. The lowest BCUT2D eigenvalue weighted by Gasteiger charge is -2.32. The van der Waals surface area contributed by atoms with Gasteiger partial charge in [-0.3, -0.25) is 19.8 Å². The van der Waals surface area contributed by atoms with Crippen molar-refractivity contribution in [2.45, 2.75) is 19.1 Å². The minimum atomic E-state index is -0.344. The zero-order chi connectivity index (χ0) is 13.7. The molecule has 0 saturated carbocycles. The van der Waals surface area contributed by atoms with Crippen molar-refractivity contribution in [3.05, 3.63) is 0 Å². The summed E-state index contributed by atoms with van der Waals surface area (Å²) in [7, 11) is 0. The molecule has 2 fully saturated rings. The molecule has 2 aliphatic heterocycles. The molecule has 0 aromatic carbocycles. The first-order valence-electron chi connectivity index (χ1n) is 6.80. The lowest BCUT2D eigenvalue weighted by molar-refractivity contribution is -0.127. The molecule has 0 aromatic rings. The summed E-state index contributed by atoms with van der Waals surface area (Å²) in [5, 5.41) is 8.44. The number of amides is 2. The van der Waals surface area contributed by atoms with Crippen LogP contribution < -0.4 is 16.0 Å². The van der Waals surface area contributed by atoms with E-state index in [1.807, 2.05) is 0 Å². The number of nitrogens with one attached hydrogen (secondary N) is 3. The highest BCUT2D eigenvalue weighted by atomic mass is 16.5. The molecule has 108 valence electrons. The van der Waals surface area contributed by atoms with Crippen molar-refractivity contribution in [3.63, 3.8) is 0 Å². The Hall–Kier alpha value is -1.18. The fourth-order valence-corrected chi connectivity index (χ4v) is 2.28. The normalized spacial score (nSPS) is 28.8. The third kappa shape index (κ3) is 4.15. The Kier molecular flexibility index (Phi) is 5.12. The van der Waals surface area contributed by atoms with E-state index >= 15 is 0 Å². The highest BCUT2D eigenvalue weighted by Gasteiger charge is 2.25. The molecule has 0 bridgehead atoms. The van der Waals surface area contributed by atoms with E-state index in [0.29, 0.717) is 19.7 Å². The minimum Gasteiger partial charge on any atom is -0.374 e. The van der Waals surface area contributed by atoms with Gasteiger partial charge in [0, 0.05) is 26.2 Å². The summed E-state index contributed by atoms with van der Waals surface area (Å²) >= 11 is 0. The van der Waals surface area contributed by atoms with Crippen LogP contribution in [0.5, 0.6) is 0 Å². The van der Waals surface area contributed by atoms with Crippen molar-refractivity contribution in [2.75, 3.05) is 45.9 Å². The van der Waals surface area contributed by atoms with Crippen molar-refractivity contribution in [2.24, 2.45) is 0 Å². The second-order valence-corrected chi connectivity index (χ2v) is 4.87. The Balaban J connectivity index is 1.69. The van der Waals surface area contributed by atoms with Crippen LogP contribution in [0.3, 0.4) is 0 Å². The van der Waals surface area contributed by atoms with Gasteiger partial charge in [0.15, 0.2) is 0 Å². The first-order valence-corrected chi connectivity index (χ1v) is 6.80. The Bertz CT molecular complexity index is 327. The summed E-state index contributed by atoms with van der Waals surface area (Å²) in [6, 6.07) is -0.344. The fraction of sp³-hybridized carbons (Fsp3) is 0.833. The predicted molar refractivity (Wildman–Crippen MR) is 69.7 cm³/mol. The number of piperazine rings is 1. The summed E-state index contributed by atoms with van der Waals surface area (Å²) in [6.45, 7) is 6.70. The van der Waals surface area contributed by atoms with Crippen LogP contribution in [-0.4, -0.2) is 74.7 Å². The maximum absolute atomic E-state index is 11.9. The van der Waals surface area contributed by atoms with Crippen LogP contribution in [0.25, 0.3) is 0 Å². The van der Waals surface area contributed by atoms with E-state index in [-0.39, 0.29) is 30.5 Å². The second kappa shape index (κ2) is 6.83. The van der Waals surface area contributed by atoms with Crippen molar-refractivity contribution in [1.29, 1.82) is 0 Å². The van der Waals surface area contributed by atoms with Crippen molar-refractivity contribution in [1.82, 2.24) is 20.9 Å². The first-order chi connectivity index (χ1) is 9.19. The van der Waals surface area contributed by atoms with Gasteiger partial charge in [-0.2, -0.15) is 0 Å². The monoisotopic (exact) mass is 270 g/mol. The van der Waals surface area contributed by atoms with E-state index in [2.05, 4.69) is 27.8 Å². The van der Waals surface area contributed by atoms with Crippen LogP contribution >= 0.6 is 0 Å². The smallest absolute Gasteiger partial charge is 0.239 e. The molecule has 2 rings (SSSR count). The quantitative estimate of drug-likeness (QED) is 0.546. The lowest BCUT2D eigenvalue weighted by atomic mass is 10.2. The molecular formula is C12H22N4O3. The van der Waals surface area contributed by atoms with Crippen LogP contribution in [0.4, 0.5) is 0 Å². The molecule has 3 N–H and O–H groups in total. The fourth-order valence-electron chi connectivity index (χ4n) is 2.28. The zero-order valence-electron chi connectivity index (χ0n) is 11.3. The molecular weight excluding hydrogens is 248 g/mol. The van der Waals surface area contributed by atoms with Gasteiger partial charge < -0.3 is 15.4 Å². The van der Waals surface area contributed by atoms with Gasteiger partial charge in [-0.25, -0.2) is 0 Å². The SMILES string of the molecule is CCN1CCOC(CNC(=O)C2CNC(=O)CN2)C1. The molecule has 7 nitrogen and oxygen atoms in total. The molecule has 2 amide bonds. The van der Waals surface area contributed by atoms with Gasteiger partial charge in [-0.05, 0) is 6.54 Å². The summed E-state index contributed by atoms with van der Waals surface area (Å²) in [6.07, 6.45) is 0.0517. The van der Waals surface area contributed by atoms with Crippen LogP contribution in [0.2, 0.25) is 0 Å². The van der Waals surface area contributed by atoms with Crippen molar-refractivity contribution >= 4 is 11.8 Å². The first kappa shape index (κ1) is 14.2. The number of hydrogen-bond donors (Lipinski definition) is 3. The Labute approximate surface area is 113 Å². The van der Waals surface area contributed by atoms with Crippen LogP contribution in [0.15, 0.2) is 0 Å². The number of rotatable bonds is 4. The second-order valence-electron chi connectivity index (χ2n) is 4.87. The van der Waals surface area contributed by atoms with Crippen LogP contribution in [0, 0.1) is 0 Å². The maximum atomic E-state index is 11.9. The third-order valence-electron chi connectivity index (χ3n) is 3.50. The van der Waals surface area contributed by atoms with Crippen LogP contribution in [0.1, 0.15) is 6.92 Å². The van der Waals surface area contributed by atoms with E-state index in [1.165, 1.54) is 0 Å². The largest absolute Gasteiger partial charge is 0.374 e. The molecule has 2 unspecified atom stereocenters. The van der Waals surface area contributed by atoms with Gasteiger partial charge in [-0.1, -0.05) is 6.92 Å². The third-order valence-corrected chi connectivity index (χ3v) is 3.50. The molecule has 7 heteroatoms. The minimum absolute atomic E-state index is 0.0517. The molecule has 2 aliphatic rings. The van der Waals surface area contributed by atoms with E-state index < -0.39 is 0 Å².